The summed E-state index contributed by atoms with van der Waals surface area (Å²) in [4.78, 5) is 15.7. The number of nitrogens with zero attached hydrogens (tertiary/aromatic N) is 3. The van der Waals surface area contributed by atoms with Crippen LogP contribution in [0.4, 0.5) is 0 Å². The van der Waals surface area contributed by atoms with Crippen LogP contribution >= 0.6 is 0 Å². The average molecular weight is 284 g/mol. The van der Waals surface area contributed by atoms with Crippen LogP contribution in [-0.2, 0) is 4.79 Å². The van der Waals surface area contributed by atoms with Gasteiger partial charge >= 0.3 is 0 Å². The van der Waals surface area contributed by atoms with E-state index in [4.69, 9.17) is 0 Å². The molecule has 1 heterocycles. The van der Waals surface area contributed by atoms with E-state index in [-0.39, 0.29) is 18.0 Å². The van der Waals surface area contributed by atoms with Crippen molar-refractivity contribution in [1.82, 2.24) is 20.1 Å². The molecule has 0 fully saturated rings. The Labute approximate surface area is 124 Å². The van der Waals surface area contributed by atoms with Gasteiger partial charge in [-0.05, 0) is 25.0 Å². The van der Waals surface area contributed by atoms with Gasteiger partial charge in [-0.25, -0.2) is 9.67 Å². The molecule has 5 heteroatoms. The number of hydrogen-bond donors (Lipinski definition) is 1. The second-order valence-electron chi connectivity index (χ2n) is 4.96. The van der Waals surface area contributed by atoms with E-state index in [9.17, 15) is 4.79 Å². The van der Waals surface area contributed by atoms with Gasteiger partial charge in [0.15, 0.2) is 0 Å². The summed E-state index contributed by atoms with van der Waals surface area (Å²) in [6.07, 6.45) is 5.24. The van der Waals surface area contributed by atoms with E-state index in [2.05, 4.69) is 46.2 Å². The number of benzene rings is 1. The predicted molar refractivity (Wildman–Crippen MR) is 81.8 cm³/mol. The first kappa shape index (κ1) is 15.0. The minimum Gasteiger partial charge on any atom is -0.347 e. The summed E-state index contributed by atoms with van der Waals surface area (Å²) in [5, 5.41) is 7.22. The van der Waals surface area contributed by atoms with Gasteiger partial charge in [-0.1, -0.05) is 43.3 Å². The van der Waals surface area contributed by atoms with Gasteiger partial charge in [-0.15, -0.1) is 0 Å². The van der Waals surface area contributed by atoms with E-state index in [1.807, 2.05) is 13.8 Å². The maximum Gasteiger partial charge on any atom is 0.243 e. The molecule has 0 radical (unpaired) electrons. The smallest absolute Gasteiger partial charge is 0.243 e. The number of aryl methyl sites for hydroxylation is 1. The molecule has 1 N–H and O–H groups in total. The van der Waals surface area contributed by atoms with Crippen LogP contribution in [0.25, 0.3) is 0 Å². The molecule has 1 aromatic carbocycles. The fraction of sp³-hybridized carbons (Fsp3) is 0.312. The fourth-order valence-corrected chi connectivity index (χ4v) is 2.34. The molecule has 0 saturated carbocycles. The highest BCUT2D eigenvalue weighted by Gasteiger charge is 2.25. The van der Waals surface area contributed by atoms with Crippen LogP contribution in [0.2, 0.25) is 0 Å². The number of carbonyl (C=O) groups is 1. The Morgan fingerprint density at radius 1 is 1.43 bits per heavy atom. The van der Waals surface area contributed by atoms with Crippen LogP contribution in [0.5, 0.6) is 0 Å². The molecule has 2 rings (SSSR count). The van der Waals surface area contributed by atoms with Gasteiger partial charge < -0.3 is 5.32 Å². The third-order valence-electron chi connectivity index (χ3n) is 3.47. The molecule has 0 aliphatic heterocycles. The van der Waals surface area contributed by atoms with E-state index in [0.717, 1.165) is 12.0 Å². The summed E-state index contributed by atoms with van der Waals surface area (Å²) in [5.74, 6) is -0.181. The summed E-state index contributed by atoms with van der Waals surface area (Å²) in [6, 6.07) is 8.05. The molecule has 0 saturated heterocycles. The Hall–Kier alpha value is -2.43. The normalized spacial score (nSPS) is 13.4. The number of aromatic nitrogens is 3. The molecule has 21 heavy (non-hydrogen) atoms. The fourth-order valence-electron chi connectivity index (χ4n) is 2.34. The number of carbonyl (C=O) groups excluding carboxylic acids is 1. The van der Waals surface area contributed by atoms with Crippen molar-refractivity contribution < 1.29 is 4.79 Å². The maximum absolute atomic E-state index is 11.7. The molecule has 5 nitrogen and oxygen atoms in total. The first-order valence-corrected chi connectivity index (χ1v) is 6.99. The first-order valence-electron chi connectivity index (χ1n) is 6.99. The number of rotatable bonds is 6. The van der Waals surface area contributed by atoms with Gasteiger partial charge in [-0.2, -0.15) is 5.10 Å². The molecule has 2 atom stereocenters. The highest BCUT2D eigenvalue weighted by atomic mass is 16.1. The van der Waals surface area contributed by atoms with Gasteiger partial charge in [0.1, 0.15) is 12.7 Å². The van der Waals surface area contributed by atoms with E-state index in [1.54, 1.807) is 11.0 Å². The van der Waals surface area contributed by atoms with Crippen LogP contribution in [0, 0.1) is 6.92 Å². The second kappa shape index (κ2) is 6.83. The van der Waals surface area contributed by atoms with Crippen molar-refractivity contribution in [1.29, 1.82) is 0 Å². The van der Waals surface area contributed by atoms with Gasteiger partial charge in [0, 0.05) is 0 Å². The minimum absolute atomic E-state index is 0.0834. The summed E-state index contributed by atoms with van der Waals surface area (Å²) in [5.41, 5.74) is 2.28. The molecular weight excluding hydrogens is 264 g/mol. The van der Waals surface area contributed by atoms with Crippen LogP contribution in [0.3, 0.4) is 0 Å². The molecular formula is C16H20N4O. The van der Waals surface area contributed by atoms with Crippen molar-refractivity contribution in [3.05, 3.63) is 60.7 Å². The standard InChI is InChI=1S/C16H20N4O/c1-4-14(19-15(21)5-2)16(20-11-17-10-18-20)13-8-6-12(3)7-9-13/h5-11,14,16H,2,4H2,1,3H3,(H,19,21)/t14-,16+/m1/s1. The van der Waals surface area contributed by atoms with E-state index >= 15 is 0 Å². The van der Waals surface area contributed by atoms with Crippen LogP contribution in [-0.4, -0.2) is 26.7 Å². The van der Waals surface area contributed by atoms with Crippen molar-refractivity contribution in [3.8, 4) is 0 Å². The summed E-state index contributed by atoms with van der Waals surface area (Å²) in [7, 11) is 0. The molecule has 0 unspecified atom stereocenters. The lowest BCUT2D eigenvalue weighted by molar-refractivity contribution is -0.117. The topological polar surface area (TPSA) is 59.8 Å². The molecule has 0 aliphatic carbocycles. The summed E-state index contributed by atoms with van der Waals surface area (Å²) < 4.78 is 1.78. The molecule has 0 bridgehead atoms. The van der Waals surface area contributed by atoms with Crippen molar-refractivity contribution in [2.45, 2.75) is 32.4 Å². The zero-order valence-electron chi connectivity index (χ0n) is 12.4. The van der Waals surface area contributed by atoms with E-state index in [0.29, 0.717) is 0 Å². The minimum atomic E-state index is -0.181. The number of amides is 1. The zero-order valence-corrected chi connectivity index (χ0v) is 12.4. The van der Waals surface area contributed by atoms with Crippen molar-refractivity contribution in [3.63, 3.8) is 0 Å². The van der Waals surface area contributed by atoms with Crippen LogP contribution < -0.4 is 5.32 Å². The van der Waals surface area contributed by atoms with Gasteiger partial charge in [0.05, 0.1) is 12.1 Å². The summed E-state index contributed by atoms with van der Waals surface area (Å²) in [6.45, 7) is 7.59. The highest BCUT2D eigenvalue weighted by molar-refractivity contribution is 5.87. The third-order valence-corrected chi connectivity index (χ3v) is 3.47. The van der Waals surface area contributed by atoms with Crippen LogP contribution in [0.15, 0.2) is 49.6 Å². The lowest BCUT2D eigenvalue weighted by atomic mass is 9.96. The molecule has 0 aliphatic rings. The predicted octanol–water partition coefficient (Wildman–Crippen LogP) is 2.26. The third kappa shape index (κ3) is 3.56. The maximum atomic E-state index is 11.7. The Morgan fingerprint density at radius 3 is 2.67 bits per heavy atom. The summed E-state index contributed by atoms with van der Waals surface area (Å²) >= 11 is 0. The van der Waals surface area contributed by atoms with Crippen molar-refractivity contribution in [2.24, 2.45) is 0 Å². The van der Waals surface area contributed by atoms with Gasteiger partial charge in [-0.3, -0.25) is 4.79 Å². The van der Waals surface area contributed by atoms with Crippen molar-refractivity contribution in [2.75, 3.05) is 0 Å². The first-order chi connectivity index (χ1) is 10.2. The lowest BCUT2D eigenvalue weighted by Crippen LogP contribution is -2.40. The molecule has 1 amide bonds. The lowest BCUT2D eigenvalue weighted by Gasteiger charge is -2.27. The molecule has 0 spiro atoms. The second-order valence-corrected chi connectivity index (χ2v) is 4.96. The molecule has 1 aromatic heterocycles. The monoisotopic (exact) mass is 284 g/mol. The largest absolute Gasteiger partial charge is 0.347 e. The number of nitrogens with one attached hydrogen (secondary N) is 1. The molecule has 110 valence electrons. The Morgan fingerprint density at radius 2 is 2.14 bits per heavy atom. The average Bonchev–Trinajstić information content (AvgIpc) is 3.02. The van der Waals surface area contributed by atoms with Crippen LogP contribution in [0.1, 0.15) is 30.5 Å². The van der Waals surface area contributed by atoms with E-state index in [1.165, 1.54) is 18.0 Å². The Bertz CT molecular complexity index is 589. The SMILES string of the molecule is C=CC(=O)N[C@H](CC)[C@H](c1ccc(C)cc1)n1cncn1. The molecule has 2 aromatic rings. The van der Waals surface area contributed by atoms with Gasteiger partial charge in [0.2, 0.25) is 5.91 Å². The Balaban J connectivity index is 2.37. The van der Waals surface area contributed by atoms with Crippen molar-refractivity contribution >= 4 is 5.91 Å². The Kier molecular flexibility index (Phi) is 4.87. The zero-order chi connectivity index (χ0) is 15.2. The van der Waals surface area contributed by atoms with Gasteiger partial charge in [0.25, 0.3) is 0 Å². The van der Waals surface area contributed by atoms with E-state index < -0.39 is 0 Å². The number of hydrogen-bond acceptors (Lipinski definition) is 3. The highest BCUT2D eigenvalue weighted by Crippen LogP contribution is 2.23. The quantitative estimate of drug-likeness (QED) is 0.828.